The van der Waals surface area contributed by atoms with Crippen LogP contribution in [0.4, 0.5) is 0 Å². The van der Waals surface area contributed by atoms with Crippen molar-refractivity contribution in [2.75, 3.05) is 31.1 Å². The molecular weight excluding hydrogens is 248 g/mol. The monoisotopic (exact) mass is 276 g/mol. The summed E-state index contributed by atoms with van der Waals surface area (Å²) in [5, 5.41) is 3.40. The summed E-state index contributed by atoms with van der Waals surface area (Å²) in [4.78, 5) is 2.35. The van der Waals surface area contributed by atoms with Gasteiger partial charge in [-0.15, -0.1) is 0 Å². The van der Waals surface area contributed by atoms with Crippen LogP contribution in [0.5, 0.6) is 0 Å². The number of nitrogens with one attached hydrogen (secondary N) is 1. The molecule has 0 amide bonds. The van der Waals surface area contributed by atoms with Crippen molar-refractivity contribution in [2.24, 2.45) is 0 Å². The fraction of sp³-hybridized carbons (Fsp3) is 1.00. The topological polar surface area (TPSA) is 49.4 Å². The van der Waals surface area contributed by atoms with Crippen LogP contribution >= 0.6 is 0 Å². The molecule has 1 fully saturated rings. The molecule has 4 nitrogen and oxygen atoms in total. The van der Waals surface area contributed by atoms with Crippen molar-refractivity contribution in [1.29, 1.82) is 0 Å². The van der Waals surface area contributed by atoms with Crippen LogP contribution in [-0.4, -0.2) is 56.5 Å². The van der Waals surface area contributed by atoms with Gasteiger partial charge in [-0.1, -0.05) is 6.92 Å². The van der Waals surface area contributed by atoms with Gasteiger partial charge in [0.15, 0.2) is 9.84 Å². The van der Waals surface area contributed by atoms with Gasteiger partial charge in [0.05, 0.1) is 11.5 Å². The zero-order valence-corrected chi connectivity index (χ0v) is 12.8. The van der Waals surface area contributed by atoms with E-state index in [2.05, 4.69) is 24.1 Å². The van der Waals surface area contributed by atoms with Gasteiger partial charge in [-0.3, -0.25) is 4.90 Å². The second-order valence-electron chi connectivity index (χ2n) is 5.44. The van der Waals surface area contributed by atoms with Crippen molar-refractivity contribution < 1.29 is 8.42 Å². The third-order valence-electron chi connectivity index (χ3n) is 3.69. The molecule has 0 aromatic heterocycles. The van der Waals surface area contributed by atoms with Crippen LogP contribution < -0.4 is 5.32 Å². The molecular formula is C13H28N2O2S. The number of rotatable bonds is 7. The predicted molar refractivity (Wildman–Crippen MR) is 76.7 cm³/mol. The minimum atomic E-state index is -2.78. The molecule has 1 rings (SSSR count). The van der Waals surface area contributed by atoms with Gasteiger partial charge in [0, 0.05) is 18.6 Å². The zero-order chi connectivity index (χ0) is 13.6. The van der Waals surface area contributed by atoms with Crippen LogP contribution in [-0.2, 0) is 9.84 Å². The molecule has 1 aliphatic rings. The molecule has 5 heteroatoms. The average molecular weight is 276 g/mol. The first kappa shape index (κ1) is 15.9. The van der Waals surface area contributed by atoms with E-state index in [0.717, 1.165) is 25.9 Å². The molecule has 0 bridgehead atoms. The number of hydrogen-bond donors (Lipinski definition) is 1. The number of sulfone groups is 1. The summed E-state index contributed by atoms with van der Waals surface area (Å²) in [6.45, 7) is 9.28. The largest absolute Gasteiger partial charge is 0.317 e. The SMILES string of the molecule is CCCNCCCC(C)N1CCS(=O)(=O)CC1C. The molecule has 0 aromatic carbocycles. The van der Waals surface area contributed by atoms with Crippen LogP contribution in [0.1, 0.15) is 40.0 Å². The fourth-order valence-corrected chi connectivity index (χ4v) is 4.24. The zero-order valence-electron chi connectivity index (χ0n) is 12.0. The van der Waals surface area contributed by atoms with Crippen molar-refractivity contribution in [3.8, 4) is 0 Å². The Hall–Kier alpha value is -0.130. The molecule has 2 unspecified atom stereocenters. The molecule has 0 saturated carbocycles. The Balaban J connectivity index is 2.27. The lowest BCUT2D eigenvalue weighted by molar-refractivity contribution is 0.159. The van der Waals surface area contributed by atoms with E-state index < -0.39 is 9.84 Å². The van der Waals surface area contributed by atoms with Crippen LogP contribution in [0.2, 0.25) is 0 Å². The number of nitrogens with zero attached hydrogens (tertiary/aromatic N) is 1. The van der Waals surface area contributed by atoms with Gasteiger partial charge in [-0.2, -0.15) is 0 Å². The highest BCUT2D eigenvalue weighted by molar-refractivity contribution is 7.91. The Kier molecular flexibility index (Phi) is 6.60. The summed E-state index contributed by atoms with van der Waals surface area (Å²) in [5.41, 5.74) is 0. The second kappa shape index (κ2) is 7.46. The highest BCUT2D eigenvalue weighted by Crippen LogP contribution is 2.17. The van der Waals surface area contributed by atoms with E-state index in [1.54, 1.807) is 0 Å². The first-order valence-electron chi connectivity index (χ1n) is 7.13. The van der Waals surface area contributed by atoms with Crippen molar-refractivity contribution in [1.82, 2.24) is 10.2 Å². The Morgan fingerprint density at radius 2 is 2.11 bits per heavy atom. The van der Waals surface area contributed by atoms with E-state index >= 15 is 0 Å². The van der Waals surface area contributed by atoms with E-state index in [1.165, 1.54) is 6.42 Å². The maximum absolute atomic E-state index is 11.5. The van der Waals surface area contributed by atoms with E-state index in [9.17, 15) is 8.42 Å². The lowest BCUT2D eigenvalue weighted by Crippen LogP contribution is -2.50. The summed E-state index contributed by atoms with van der Waals surface area (Å²) in [6.07, 6.45) is 3.48. The minimum absolute atomic E-state index is 0.169. The maximum atomic E-state index is 11.5. The third-order valence-corrected chi connectivity index (χ3v) is 5.49. The molecule has 18 heavy (non-hydrogen) atoms. The Bertz CT molecular complexity index is 330. The van der Waals surface area contributed by atoms with Crippen LogP contribution in [0.15, 0.2) is 0 Å². The van der Waals surface area contributed by atoms with E-state index in [-0.39, 0.29) is 6.04 Å². The summed E-state index contributed by atoms with van der Waals surface area (Å²) >= 11 is 0. The smallest absolute Gasteiger partial charge is 0.153 e. The van der Waals surface area contributed by atoms with Gasteiger partial charge >= 0.3 is 0 Å². The maximum Gasteiger partial charge on any atom is 0.153 e. The van der Waals surface area contributed by atoms with Crippen LogP contribution in [0, 0.1) is 0 Å². The predicted octanol–water partition coefficient (Wildman–Crippen LogP) is 1.27. The molecule has 1 heterocycles. The Morgan fingerprint density at radius 3 is 2.72 bits per heavy atom. The highest BCUT2D eigenvalue weighted by Gasteiger charge is 2.30. The quantitative estimate of drug-likeness (QED) is 0.712. The fourth-order valence-electron chi connectivity index (χ4n) is 2.66. The lowest BCUT2D eigenvalue weighted by atomic mass is 10.1. The molecule has 0 aliphatic carbocycles. The summed E-state index contributed by atoms with van der Waals surface area (Å²) in [7, 11) is -2.78. The van der Waals surface area contributed by atoms with Gasteiger partial charge in [0.2, 0.25) is 0 Å². The third kappa shape index (κ3) is 5.24. The summed E-state index contributed by atoms with van der Waals surface area (Å²) < 4.78 is 23.0. The molecule has 0 radical (unpaired) electrons. The normalized spacial score (nSPS) is 26.1. The minimum Gasteiger partial charge on any atom is -0.317 e. The summed E-state index contributed by atoms with van der Waals surface area (Å²) in [6, 6.07) is 0.654. The van der Waals surface area contributed by atoms with Crippen molar-refractivity contribution in [3.63, 3.8) is 0 Å². The highest BCUT2D eigenvalue weighted by atomic mass is 32.2. The molecule has 108 valence electrons. The van der Waals surface area contributed by atoms with E-state index in [4.69, 9.17) is 0 Å². The Labute approximate surface area is 112 Å². The van der Waals surface area contributed by atoms with Gasteiger partial charge in [-0.25, -0.2) is 8.42 Å². The first-order chi connectivity index (χ1) is 8.46. The lowest BCUT2D eigenvalue weighted by Gasteiger charge is -2.37. The van der Waals surface area contributed by atoms with Crippen molar-refractivity contribution in [2.45, 2.75) is 52.1 Å². The van der Waals surface area contributed by atoms with Crippen LogP contribution in [0.3, 0.4) is 0 Å². The van der Waals surface area contributed by atoms with Gasteiger partial charge < -0.3 is 5.32 Å². The molecule has 0 spiro atoms. The Morgan fingerprint density at radius 1 is 1.39 bits per heavy atom. The van der Waals surface area contributed by atoms with Gasteiger partial charge in [0.25, 0.3) is 0 Å². The van der Waals surface area contributed by atoms with Gasteiger partial charge in [0.1, 0.15) is 0 Å². The molecule has 0 aromatic rings. The molecule has 2 atom stereocenters. The first-order valence-corrected chi connectivity index (χ1v) is 8.95. The van der Waals surface area contributed by atoms with Crippen molar-refractivity contribution >= 4 is 9.84 Å². The van der Waals surface area contributed by atoms with Crippen LogP contribution in [0.25, 0.3) is 0 Å². The van der Waals surface area contributed by atoms with Gasteiger partial charge in [-0.05, 0) is 46.2 Å². The molecule has 1 saturated heterocycles. The van der Waals surface area contributed by atoms with Crippen molar-refractivity contribution in [3.05, 3.63) is 0 Å². The molecule has 1 aliphatic heterocycles. The second-order valence-corrected chi connectivity index (χ2v) is 7.67. The average Bonchev–Trinajstić information content (AvgIpc) is 2.27. The standard InChI is InChI=1S/C13H28N2O2S/c1-4-7-14-8-5-6-12(2)15-9-10-18(16,17)11-13(15)3/h12-14H,4-11H2,1-3H3. The van der Waals surface area contributed by atoms with E-state index in [1.807, 2.05) is 6.92 Å². The number of hydrogen-bond acceptors (Lipinski definition) is 4. The van der Waals surface area contributed by atoms with E-state index in [0.29, 0.717) is 24.1 Å². The molecule has 1 N–H and O–H groups in total. The summed E-state index contributed by atoms with van der Waals surface area (Å²) in [5.74, 6) is 0.654.